The summed E-state index contributed by atoms with van der Waals surface area (Å²) in [7, 11) is 0. The van der Waals surface area contributed by atoms with E-state index in [4.69, 9.17) is 10.5 Å². The Labute approximate surface area is 133 Å². The first-order chi connectivity index (χ1) is 9.28. The summed E-state index contributed by atoms with van der Waals surface area (Å²) in [5, 5.41) is 2.81. The molecule has 0 fully saturated rings. The van der Waals surface area contributed by atoms with Gasteiger partial charge in [0.1, 0.15) is 5.75 Å². The van der Waals surface area contributed by atoms with Gasteiger partial charge in [-0.25, -0.2) is 0 Å². The van der Waals surface area contributed by atoms with Crippen LogP contribution >= 0.6 is 12.4 Å². The van der Waals surface area contributed by atoms with E-state index in [1.807, 2.05) is 26.0 Å². The van der Waals surface area contributed by atoms with E-state index in [1.165, 1.54) is 0 Å². The van der Waals surface area contributed by atoms with E-state index >= 15 is 0 Å². The fourth-order valence-corrected chi connectivity index (χ4v) is 1.53. The Balaban J connectivity index is 0.00000400. The van der Waals surface area contributed by atoms with Crippen LogP contribution in [0.15, 0.2) is 24.3 Å². The van der Waals surface area contributed by atoms with Crippen LogP contribution in [0.4, 0.5) is 0 Å². The van der Waals surface area contributed by atoms with Crippen LogP contribution in [0.25, 0.3) is 0 Å². The van der Waals surface area contributed by atoms with Crippen LogP contribution in [0.3, 0.4) is 0 Å². The van der Waals surface area contributed by atoms with E-state index in [9.17, 15) is 4.79 Å². The van der Waals surface area contributed by atoms with Gasteiger partial charge in [0.15, 0.2) is 0 Å². The highest BCUT2D eigenvalue weighted by Crippen LogP contribution is 2.13. The Morgan fingerprint density at radius 3 is 2.33 bits per heavy atom. The zero-order valence-corrected chi connectivity index (χ0v) is 14.1. The van der Waals surface area contributed by atoms with Crippen LogP contribution in [0.5, 0.6) is 5.75 Å². The second-order valence-corrected chi connectivity index (χ2v) is 6.23. The number of carbonyl (C=O) groups excluding carboxylic acids is 1. The van der Waals surface area contributed by atoms with E-state index in [0.29, 0.717) is 24.6 Å². The van der Waals surface area contributed by atoms with E-state index in [-0.39, 0.29) is 18.3 Å². The lowest BCUT2D eigenvalue weighted by Gasteiger charge is -2.18. The number of carbonyl (C=O) groups is 1. The Hall–Kier alpha value is -1.26. The first-order valence-corrected chi connectivity index (χ1v) is 7.08. The molecular formula is C16H27ClN2O2. The molecule has 0 saturated heterocycles. The first-order valence-electron chi connectivity index (χ1n) is 7.08. The van der Waals surface area contributed by atoms with Crippen LogP contribution < -0.4 is 15.8 Å². The van der Waals surface area contributed by atoms with Gasteiger partial charge < -0.3 is 15.8 Å². The molecule has 1 amide bonds. The smallest absolute Gasteiger partial charge is 0.251 e. The van der Waals surface area contributed by atoms with Gasteiger partial charge in [-0.1, -0.05) is 13.8 Å². The molecule has 5 heteroatoms. The molecule has 1 aromatic carbocycles. The van der Waals surface area contributed by atoms with Crippen LogP contribution in [-0.4, -0.2) is 24.6 Å². The van der Waals surface area contributed by atoms with Gasteiger partial charge in [0.25, 0.3) is 5.91 Å². The molecule has 0 aromatic heterocycles. The number of nitrogens with two attached hydrogens (primary N) is 1. The number of rotatable bonds is 7. The fourth-order valence-electron chi connectivity index (χ4n) is 1.53. The summed E-state index contributed by atoms with van der Waals surface area (Å²) in [4.78, 5) is 11.9. The summed E-state index contributed by atoms with van der Waals surface area (Å²) in [5.74, 6) is 1.30. The standard InChI is InChI=1S/C16H26N2O2.ClH/c1-12(2)9-10-20-14-7-5-13(6-8-14)15(19)18-11-16(3,4)17;/h5-8,12H,9-11,17H2,1-4H3,(H,18,19);1H. The largest absolute Gasteiger partial charge is 0.494 e. The molecule has 4 nitrogen and oxygen atoms in total. The highest BCUT2D eigenvalue weighted by atomic mass is 35.5. The van der Waals surface area contributed by atoms with Gasteiger partial charge in [-0.3, -0.25) is 4.79 Å². The number of hydrogen-bond donors (Lipinski definition) is 2. The number of nitrogens with one attached hydrogen (secondary N) is 1. The summed E-state index contributed by atoms with van der Waals surface area (Å²) in [5.41, 5.74) is 6.04. The lowest BCUT2D eigenvalue weighted by molar-refractivity contribution is 0.0946. The lowest BCUT2D eigenvalue weighted by atomic mass is 10.1. The van der Waals surface area contributed by atoms with Crippen LogP contribution in [0, 0.1) is 5.92 Å². The van der Waals surface area contributed by atoms with Crippen molar-refractivity contribution >= 4 is 18.3 Å². The molecule has 0 radical (unpaired) electrons. The predicted octanol–water partition coefficient (Wildman–Crippen LogP) is 3.00. The minimum atomic E-state index is -0.407. The van der Waals surface area contributed by atoms with E-state index in [0.717, 1.165) is 12.2 Å². The predicted molar refractivity (Wildman–Crippen MR) is 89.2 cm³/mol. The number of halogens is 1. The maximum Gasteiger partial charge on any atom is 0.251 e. The van der Waals surface area contributed by atoms with Crippen LogP contribution in [0.1, 0.15) is 44.5 Å². The number of hydrogen-bond acceptors (Lipinski definition) is 3. The molecule has 0 aliphatic carbocycles. The van der Waals surface area contributed by atoms with Gasteiger partial charge in [-0.15, -0.1) is 12.4 Å². The SMILES string of the molecule is CC(C)CCOc1ccc(C(=O)NCC(C)(C)N)cc1.Cl. The first kappa shape index (κ1) is 19.7. The summed E-state index contributed by atoms with van der Waals surface area (Å²) < 4.78 is 5.61. The number of amides is 1. The monoisotopic (exact) mass is 314 g/mol. The van der Waals surface area contributed by atoms with E-state index < -0.39 is 5.54 Å². The van der Waals surface area contributed by atoms with E-state index in [2.05, 4.69) is 19.2 Å². The topological polar surface area (TPSA) is 64.3 Å². The van der Waals surface area contributed by atoms with Crippen molar-refractivity contribution in [3.63, 3.8) is 0 Å². The van der Waals surface area contributed by atoms with Crippen molar-refractivity contribution < 1.29 is 9.53 Å². The Bertz CT molecular complexity index is 425. The average Bonchev–Trinajstić information content (AvgIpc) is 2.35. The molecule has 1 aromatic rings. The molecular weight excluding hydrogens is 288 g/mol. The molecule has 0 spiro atoms. The van der Waals surface area contributed by atoms with Gasteiger partial charge in [0.05, 0.1) is 6.61 Å². The Kier molecular flexibility index (Phi) is 8.37. The Morgan fingerprint density at radius 1 is 1.29 bits per heavy atom. The molecule has 3 N–H and O–H groups in total. The molecule has 1 rings (SSSR count). The van der Waals surface area contributed by atoms with Gasteiger partial charge in [0.2, 0.25) is 0 Å². The summed E-state index contributed by atoms with van der Waals surface area (Å²) in [6, 6.07) is 7.18. The fraction of sp³-hybridized carbons (Fsp3) is 0.562. The third-order valence-corrected chi connectivity index (χ3v) is 2.78. The molecule has 0 bridgehead atoms. The molecule has 0 atom stereocenters. The van der Waals surface area contributed by atoms with Crippen molar-refractivity contribution in [2.24, 2.45) is 11.7 Å². The molecule has 120 valence electrons. The van der Waals surface area contributed by atoms with Crippen molar-refractivity contribution in [3.05, 3.63) is 29.8 Å². The van der Waals surface area contributed by atoms with Gasteiger partial charge >= 0.3 is 0 Å². The van der Waals surface area contributed by atoms with Crippen LogP contribution in [0.2, 0.25) is 0 Å². The molecule has 0 aliphatic rings. The molecule has 0 unspecified atom stereocenters. The maximum absolute atomic E-state index is 11.9. The quantitative estimate of drug-likeness (QED) is 0.813. The molecule has 0 saturated carbocycles. The zero-order chi connectivity index (χ0) is 15.2. The summed E-state index contributed by atoms with van der Waals surface area (Å²) in [6.45, 7) is 9.21. The van der Waals surface area contributed by atoms with Crippen molar-refractivity contribution in [2.45, 2.75) is 39.7 Å². The molecule has 21 heavy (non-hydrogen) atoms. The minimum absolute atomic E-state index is 0. The zero-order valence-electron chi connectivity index (χ0n) is 13.3. The van der Waals surface area contributed by atoms with Gasteiger partial charge in [-0.05, 0) is 50.5 Å². The van der Waals surface area contributed by atoms with Crippen molar-refractivity contribution in [3.8, 4) is 5.75 Å². The number of benzene rings is 1. The minimum Gasteiger partial charge on any atom is -0.494 e. The lowest BCUT2D eigenvalue weighted by Crippen LogP contribution is -2.45. The van der Waals surface area contributed by atoms with Gasteiger partial charge in [0, 0.05) is 17.6 Å². The average molecular weight is 315 g/mol. The normalized spacial score (nSPS) is 11.0. The highest BCUT2D eigenvalue weighted by molar-refractivity contribution is 5.94. The summed E-state index contributed by atoms with van der Waals surface area (Å²) in [6.07, 6.45) is 1.02. The molecule has 0 aliphatic heterocycles. The maximum atomic E-state index is 11.9. The Morgan fingerprint density at radius 2 is 1.86 bits per heavy atom. The van der Waals surface area contributed by atoms with E-state index in [1.54, 1.807) is 12.1 Å². The highest BCUT2D eigenvalue weighted by Gasteiger charge is 2.13. The van der Waals surface area contributed by atoms with Crippen molar-refractivity contribution in [2.75, 3.05) is 13.2 Å². The second kappa shape index (κ2) is 8.90. The van der Waals surface area contributed by atoms with Crippen molar-refractivity contribution in [1.29, 1.82) is 0 Å². The third kappa shape index (κ3) is 8.58. The van der Waals surface area contributed by atoms with Gasteiger partial charge in [-0.2, -0.15) is 0 Å². The third-order valence-electron chi connectivity index (χ3n) is 2.78. The molecule has 0 heterocycles. The van der Waals surface area contributed by atoms with Crippen molar-refractivity contribution in [1.82, 2.24) is 5.32 Å². The number of ether oxygens (including phenoxy) is 1. The van der Waals surface area contributed by atoms with Crippen LogP contribution in [-0.2, 0) is 0 Å². The second-order valence-electron chi connectivity index (χ2n) is 6.23. The summed E-state index contributed by atoms with van der Waals surface area (Å²) >= 11 is 0.